The van der Waals surface area contributed by atoms with Gasteiger partial charge >= 0.3 is 0 Å². The van der Waals surface area contributed by atoms with E-state index in [4.69, 9.17) is 15.4 Å². The fourth-order valence-corrected chi connectivity index (χ4v) is 3.10. The van der Waals surface area contributed by atoms with E-state index in [9.17, 15) is 12.8 Å². The fraction of sp³-hybridized carbons (Fsp3) is 0.250. The van der Waals surface area contributed by atoms with Gasteiger partial charge in [-0.1, -0.05) is 0 Å². The van der Waals surface area contributed by atoms with Gasteiger partial charge in [-0.05, 0) is 25.1 Å². The molecule has 0 fully saturated rings. The average molecular weight is 336 g/mol. The van der Waals surface area contributed by atoms with E-state index in [2.05, 4.69) is 4.98 Å². The van der Waals surface area contributed by atoms with Gasteiger partial charge in [0.2, 0.25) is 0 Å². The van der Waals surface area contributed by atoms with Crippen molar-refractivity contribution >= 4 is 31.1 Å². The van der Waals surface area contributed by atoms with Crippen molar-refractivity contribution in [2.24, 2.45) is 0 Å². The summed E-state index contributed by atoms with van der Waals surface area (Å²) >= 11 is 1.51. The highest BCUT2D eigenvalue weighted by molar-refractivity contribution is 8.13. The van der Waals surface area contributed by atoms with E-state index in [-0.39, 0.29) is 17.3 Å². The highest BCUT2D eigenvalue weighted by Gasteiger charge is 2.14. The third kappa shape index (κ3) is 3.68. The molecule has 0 aliphatic rings. The maximum absolute atomic E-state index is 13.7. The number of ether oxygens (including phenoxy) is 1. The van der Waals surface area contributed by atoms with Crippen molar-refractivity contribution in [3.63, 3.8) is 0 Å². The van der Waals surface area contributed by atoms with Crippen LogP contribution in [0.5, 0.6) is 5.75 Å². The molecular formula is C12H11ClFNO3S2. The Balaban J connectivity index is 2.02. The van der Waals surface area contributed by atoms with Crippen LogP contribution in [0.2, 0.25) is 0 Å². The Labute approximate surface area is 124 Å². The summed E-state index contributed by atoms with van der Waals surface area (Å²) in [6, 6.07) is 3.30. The van der Waals surface area contributed by atoms with Crippen LogP contribution in [0.4, 0.5) is 4.39 Å². The van der Waals surface area contributed by atoms with E-state index in [1.165, 1.54) is 23.5 Å². The van der Waals surface area contributed by atoms with E-state index in [0.717, 1.165) is 16.6 Å². The molecule has 0 bridgehead atoms. The smallest absolute Gasteiger partial charge is 0.261 e. The molecule has 0 saturated carbocycles. The molecule has 20 heavy (non-hydrogen) atoms. The third-order valence-corrected chi connectivity index (χ3v) is 4.96. The van der Waals surface area contributed by atoms with Gasteiger partial charge in [-0.15, -0.1) is 11.3 Å². The Kier molecular flexibility index (Phi) is 4.62. The normalized spacial score (nSPS) is 11.6. The zero-order valence-corrected chi connectivity index (χ0v) is 12.9. The second-order valence-electron chi connectivity index (χ2n) is 3.99. The molecule has 0 aliphatic carbocycles. The quantitative estimate of drug-likeness (QED) is 0.788. The molecule has 0 atom stereocenters. The second-order valence-corrected chi connectivity index (χ2v) is 7.49. The van der Waals surface area contributed by atoms with Gasteiger partial charge in [0.15, 0.2) is 11.6 Å². The minimum absolute atomic E-state index is 0.00349. The standard InChI is InChI=1S/C12H11ClFNO3S2/c1-8-12(19-7-15-8)4-5-18-11-3-2-9(6-10(11)14)20(13,16)17/h2-3,6-7H,4-5H2,1H3. The van der Waals surface area contributed by atoms with Crippen molar-refractivity contribution in [3.8, 4) is 5.75 Å². The SMILES string of the molecule is Cc1ncsc1CCOc1ccc(S(=O)(=O)Cl)cc1F. The Morgan fingerprint density at radius 3 is 2.75 bits per heavy atom. The van der Waals surface area contributed by atoms with Crippen molar-refractivity contribution in [2.45, 2.75) is 18.2 Å². The molecule has 2 rings (SSSR count). The molecule has 108 valence electrons. The van der Waals surface area contributed by atoms with Crippen LogP contribution >= 0.6 is 22.0 Å². The molecule has 0 unspecified atom stereocenters. The number of aromatic nitrogens is 1. The first-order valence-electron chi connectivity index (χ1n) is 5.64. The summed E-state index contributed by atoms with van der Waals surface area (Å²) in [5, 5.41) is 0. The van der Waals surface area contributed by atoms with Crippen molar-refractivity contribution in [2.75, 3.05) is 6.61 Å². The van der Waals surface area contributed by atoms with Gasteiger partial charge < -0.3 is 4.74 Å². The molecule has 0 amide bonds. The lowest BCUT2D eigenvalue weighted by Crippen LogP contribution is -2.03. The van der Waals surface area contributed by atoms with Gasteiger partial charge in [-0.25, -0.2) is 17.8 Å². The molecule has 0 spiro atoms. The lowest BCUT2D eigenvalue weighted by Gasteiger charge is -2.07. The topological polar surface area (TPSA) is 56.3 Å². The molecule has 0 N–H and O–H groups in total. The Morgan fingerprint density at radius 2 is 2.20 bits per heavy atom. The molecular weight excluding hydrogens is 325 g/mol. The first-order valence-corrected chi connectivity index (χ1v) is 8.83. The summed E-state index contributed by atoms with van der Waals surface area (Å²) in [6.45, 7) is 2.18. The van der Waals surface area contributed by atoms with Crippen LogP contribution in [0, 0.1) is 12.7 Å². The zero-order chi connectivity index (χ0) is 14.8. The van der Waals surface area contributed by atoms with Crippen molar-refractivity contribution < 1.29 is 17.5 Å². The maximum atomic E-state index is 13.7. The number of aryl methyl sites for hydroxylation is 1. The summed E-state index contributed by atoms with van der Waals surface area (Å²) in [6.07, 6.45) is 0.617. The number of benzene rings is 1. The first kappa shape index (κ1) is 15.2. The molecule has 2 aromatic rings. The molecule has 1 aromatic heterocycles. The van der Waals surface area contributed by atoms with Gasteiger partial charge in [-0.2, -0.15) is 0 Å². The summed E-state index contributed by atoms with van der Waals surface area (Å²) in [5.74, 6) is -0.760. The molecule has 4 nitrogen and oxygen atoms in total. The van der Waals surface area contributed by atoms with E-state index >= 15 is 0 Å². The minimum atomic E-state index is -3.93. The van der Waals surface area contributed by atoms with Crippen molar-refractivity contribution in [1.29, 1.82) is 0 Å². The van der Waals surface area contributed by atoms with Crippen LogP contribution in [-0.2, 0) is 15.5 Å². The summed E-state index contributed by atoms with van der Waals surface area (Å²) in [4.78, 5) is 4.89. The van der Waals surface area contributed by atoms with E-state index < -0.39 is 14.9 Å². The monoisotopic (exact) mass is 335 g/mol. The molecule has 1 aromatic carbocycles. The molecule has 1 heterocycles. The van der Waals surface area contributed by atoms with E-state index in [0.29, 0.717) is 6.42 Å². The predicted molar refractivity (Wildman–Crippen MR) is 75.5 cm³/mol. The largest absolute Gasteiger partial charge is 0.490 e. The Bertz CT molecular complexity index is 715. The number of hydrogen-bond donors (Lipinski definition) is 0. The lowest BCUT2D eigenvalue weighted by molar-refractivity contribution is 0.305. The van der Waals surface area contributed by atoms with E-state index in [1.54, 1.807) is 5.51 Å². The van der Waals surface area contributed by atoms with Crippen molar-refractivity contribution in [3.05, 3.63) is 40.1 Å². The van der Waals surface area contributed by atoms with Crippen LogP contribution in [-0.4, -0.2) is 20.0 Å². The number of thiazole rings is 1. The lowest BCUT2D eigenvalue weighted by atomic mass is 10.3. The van der Waals surface area contributed by atoms with Gasteiger partial charge in [0, 0.05) is 22.0 Å². The predicted octanol–water partition coefficient (Wildman–Crippen LogP) is 3.14. The minimum Gasteiger partial charge on any atom is -0.490 e. The van der Waals surface area contributed by atoms with Crippen LogP contribution in [0.25, 0.3) is 0 Å². The van der Waals surface area contributed by atoms with Gasteiger partial charge in [0.25, 0.3) is 9.05 Å². The fourth-order valence-electron chi connectivity index (χ4n) is 1.57. The highest BCUT2D eigenvalue weighted by Crippen LogP contribution is 2.23. The summed E-state index contributed by atoms with van der Waals surface area (Å²) in [5.41, 5.74) is 2.67. The number of rotatable bonds is 5. The second kappa shape index (κ2) is 6.07. The maximum Gasteiger partial charge on any atom is 0.261 e. The van der Waals surface area contributed by atoms with Gasteiger partial charge in [-0.3, -0.25) is 0 Å². The Morgan fingerprint density at radius 1 is 1.45 bits per heavy atom. The number of halogens is 2. The Hall–Kier alpha value is -1.18. The van der Waals surface area contributed by atoms with Crippen LogP contribution in [0.1, 0.15) is 10.6 Å². The highest BCUT2D eigenvalue weighted by atomic mass is 35.7. The number of hydrogen-bond acceptors (Lipinski definition) is 5. The first-order chi connectivity index (χ1) is 9.38. The molecule has 0 saturated heterocycles. The summed E-state index contributed by atoms with van der Waals surface area (Å²) < 4.78 is 41.1. The number of nitrogens with zero attached hydrogens (tertiary/aromatic N) is 1. The van der Waals surface area contributed by atoms with Gasteiger partial charge in [0.1, 0.15) is 0 Å². The molecule has 0 radical (unpaired) electrons. The zero-order valence-electron chi connectivity index (χ0n) is 10.5. The molecule has 0 aliphatic heterocycles. The van der Waals surface area contributed by atoms with Crippen LogP contribution in [0.3, 0.4) is 0 Å². The molecule has 8 heteroatoms. The average Bonchev–Trinajstić information content (AvgIpc) is 2.76. The van der Waals surface area contributed by atoms with Crippen LogP contribution < -0.4 is 4.74 Å². The summed E-state index contributed by atoms with van der Waals surface area (Å²) in [7, 11) is 1.20. The van der Waals surface area contributed by atoms with Crippen LogP contribution in [0.15, 0.2) is 28.6 Å². The third-order valence-electron chi connectivity index (χ3n) is 2.62. The van der Waals surface area contributed by atoms with E-state index in [1.807, 2.05) is 6.92 Å². The van der Waals surface area contributed by atoms with Crippen molar-refractivity contribution in [1.82, 2.24) is 4.98 Å². The van der Waals surface area contributed by atoms with Gasteiger partial charge in [0.05, 0.1) is 22.7 Å².